The smallest absolute Gasteiger partial charge is 0.0624 e. The van der Waals surface area contributed by atoms with Gasteiger partial charge < -0.3 is 10.8 Å². The maximum Gasteiger partial charge on any atom is 0.0624 e. The van der Waals surface area contributed by atoms with E-state index >= 15 is 0 Å². The van der Waals surface area contributed by atoms with Crippen LogP contribution >= 0.6 is 0 Å². The normalized spacial score (nSPS) is 12.7. The number of rotatable bonds is 7. The van der Waals surface area contributed by atoms with E-state index in [2.05, 4.69) is 19.1 Å². The molecule has 2 heteroatoms. The minimum atomic E-state index is -0.242. The minimum Gasteiger partial charge on any atom is -0.394 e. The van der Waals surface area contributed by atoms with Crippen molar-refractivity contribution in [3.05, 3.63) is 35.4 Å². The molecule has 1 rings (SSSR count). The largest absolute Gasteiger partial charge is 0.394 e. The van der Waals surface area contributed by atoms with Crippen molar-refractivity contribution in [3.8, 4) is 0 Å². The molecule has 1 aromatic rings. The summed E-state index contributed by atoms with van der Waals surface area (Å²) in [5, 5.41) is 8.93. The van der Waals surface area contributed by atoms with E-state index < -0.39 is 0 Å². The fourth-order valence-electron chi connectivity index (χ4n) is 1.79. The second kappa shape index (κ2) is 7.42. The van der Waals surface area contributed by atoms with E-state index in [0.29, 0.717) is 0 Å². The first kappa shape index (κ1) is 13.2. The van der Waals surface area contributed by atoms with Crippen LogP contribution in [0.5, 0.6) is 0 Å². The number of aliphatic hydroxyl groups is 1. The van der Waals surface area contributed by atoms with Crippen LogP contribution in [0.3, 0.4) is 0 Å². The first-order valence-corrected chi connectivity index (χ1v) is 6.23. The van der Waals surface area contributed by atoms with E-state index in [0.717, 1.165) is 12.0 Å². The fourth-order valence-corrected chi connectivity index (χ4v) is 1.79. The standard InChI is InChI=1S/C14H23NO/c1-2-3-4-5-6-12-7-9-13(10-8-12)14(15)11-16/h7-10,14,16H,2-6,11,15H2,1H3. The molecule has 0 aromatic heterocycles. The number of aryl methyl sites for hydroxylation is 1. The average molecular weight is 221 g/mol. The molecule has 0 saturated carbocycles. The van der Waals surface area contributed by atoms with Gasteiger partial charge in [0.05, 0.1) is 12.6 Å². The van der Waals surface area contributed by atoms with Crippen molar-refractivity contribution in [1.29, 1.82) is 0 Å². The van der Waals surface area contributed by atoms with Crippen molar-refractivity contribution in [2.45, 2.75) is 45.1 Å². The van der Waals surface area contributed by atoms with Crippen LogP contribution in [0.4, 0.5) is 0 Å². The van der Waals surface area contributed by atoms with Gasteiger partial charge in [-0.15, -0.1) is 0 Å². The molecular formula is C14H23NO. The van der Waals surface area contributed by atoms with Crippen LogP contribution in [0.15, 0.2) is 24.3 Å². The van der Waals surface area contributed by atoms with Gasteiger partial charge in [0, 0.05) is 0 Å². The van der Waals surface area contributed by atoms with Gasteiger partial charge in [-0.1, -0.05) is 50.5 Å². The zero-order valence-corrected chi connectivity index (χ0v) is 10.2. The molecule has 0 amide bonds. The monoisotopic (exact) mass is 221 g/mol. The highest BCUT2D eigenvalue weighted by molar-refractivity contribution is 5.24. The zero-order valence-electron chi connectivity index (χ0n) is 10.2. The molecule has 2 nitrogen and oxygen atoms in total. The Kier molecular flexibility index (Phi) is 6.12. The fraction of sp³-hybridized carbons (Fsp3) is 0.571. The molecule has 1 atom stereocenters. The van der Waals surface area contributed by atoms with Gasteiger partial charge in [0.1, 0.15) is 0 Å². The SMILES string of the molecule is CCCCCCc1ccc(C(N)CO)cc1. The van der Waals surface area contributed by atoms with Crippen LogP contribution in [0.2, 0.25) is 0 Å². The van der Waals surface area contributed by atoms with Crippen LogP contribution in [0.1, 0.15) is 49.8 Å². The number of hydrogen-bond donors (Lipinski definition) is 2. The maximum absolute atomic E-state index is 8.93. The third kappa shape index (κ3) is 4.33. The van der Waals surface area contributed by atoms with E-state index in [1.807, 2.05) is 12.1 Å². The van der Waals surface area contributed by atoms with Gasteiger partial charge in [-0.3, -0.25) is 0 Å². The summed E-state index contributed by atoms with van der Waals surface area (Å²) in [7, 11) is 0. The lowest BCUT2D eigenvalue weighted by Crippen LogP contribution is -2.14. The highest BCUT2D eigenvalue weighted by Gasteiger charge is 2.03. The lowest BCUT2D eigenvalue weighted by Gasteiger charge is -2.09. The Labute approximate surface area is 98.5 Å². The molecule has 0 spiro atoms. The summed E-state index contributed by atoms with van der Waals surface area (Å²) in [6, 6.07) is 8.05. The van der Waals surface area contributed by atoms with Gasteiger partial charge in [-0.05, 0) is 24.0 Å². The predicted octanol–water partition coefficient (Wildman–Crippen LogP) is 2.80. The molecular weight excluding hydrogens is 198 g/mol. The summed E-state index contributed by atoms with van der Waals surface area (Å²) in [6.45, 7) is 2.24. The minimum absolute atomic E-state index is 0.00977. The van der Waals surface area contributed by atoms with Crippen molar-refractivity contribution in [1.82, 2.24) is 0 Å². The van der Waals surface area contributed by atoms with Crippen molar-refractivity contribution >= 4 is 0 Å². The Balaban J connectivity index is 2.39. The van der Waals surface area contributed by atoms with Crippen LogP contribution in [-0.4, -0.2) is 11.7 Å². The number of benzene rings is 1. The van der Waals surface area contributed by atoms with Crippen LogP contribution in [-0.2, 0) is 6.42 Å². The van der Waals surface area contributed by atoms with Crippen molar-refractivity contribution in [2.75, 3.05) is 6.61 Å². The summed E-state index contributed by atoms with van der Waals surface area (Å²) in [5.74, 6) is 0. The summed E-state index contributed by atoms with van der Waals surface area (Å²) >= 11 is 0. The third-order valence-electron chi connectivity index (χ3n) is 2.92. The summed E-state index contributed by atoms with van der Waals surface area (Å²) in [6.07, 6.45) is 6.33. The van der Waals surface area contributed by atoms with E-state index in [9.17, 15) is 0 Å². The molecule has 1 aromatic carbocycles. The van der Waals surface area contributed by atoms with E-state index in [1.165, 1.54) is 31.2 Å². The number of aliphatic hydroxyl groups excluding tert-OH is 1. The Morgan fingerprint density at radius 3 is 2.38 bits per heavy atom. The molecule has 0 saturated heterocycles. The molecule has 0 aliphatic heterocycles. The van der Waals surface area contributed by atoms with Crippen molar-refractivity contribution in [3.63, 3.8) is 0 Å². The Hall–Kier alpha value is -0.860. The zero-order chi connectivity index (χ0) is 11.8. The molecule has 1 unspecified atom stereocenters. The van der Waals surface area contributed by atoms with Gasteiger partial charge in [-0.2, -0.15) is 0 Å². The molecule has 90 valence electrons. The number of hydrogen-bond acceptors (Lipinski definition) is 2. The molecule has 3 N–H and O–H groups in total. The Morgan fingerprint density at radius 1 is 1.12 bits per heavy atom. The molecule has 0 aliphatic carbocycles. The van der Waals surface area contributed by atoms with Gasteiger partial charge >= 0.3 is 0 Å². The van der Waals surface area contributed by atoms with Crippen molar-refractivity contribution < 1.29 is 5.11 Å². The summed E-state index contributed by atoms with van der Waals surface area (Å²) < 4.78 is 0. The molecule has 0 radical (unpaired) electrons. The van der Waals surface area contributed by atoms with Crippen molar-refractivity contribution in [2.24, 2.45) is 5.73 Å². The van der Waals surface area contributed by atoms with Crippen LogP contribution in [0.25, 0.3) is 0 Å². The lowest BCUT2D eigenvalue weighted by molar-refractivity contribution is 0.268. The first-order chi connectivity index (χ1) is 7.77. The maximum atomic E-state index is 8.93. The average Bonchev–Trinajstić information content (AvgIpc) is 2.34. The Bertz CT molecular complexity index is 281. The molecule has 0 bridgehead atoms. The highest BCUT2D eigenvalue weighted by atomic mass is 16.3. The van der Waals surface area contributed by atoms with E-state index in [1.54, 1.807) is 0 Å². The molecule has 0 aliphatic rings. The quantitative estimate of drug-likeness (QED) is 0.695. The highest BCUT2D eigenvalue weighted by Crippen LogP contribution is 2.13. The molecule has 0 heterocycles. The first-order valence-electron chi connectivity index (χ1n) is 6.23. The predicted molar refractivity (Wildman–Crippen MR) is 68.3 cm³/mol. The second-order valence-electron chi connectivity index (χ2n) is 4.34. The summed E-state index contributed by atoms with van der Waals surface area (Å²) in [4.78, 5) is 0. The second-order valence-corrected chi connectivity index (χ2v) is 4.34. The van der Waals surface area contributed by atoms with E-state index in [4.69, 9.17) is 10.8 Å². The molecule has 16 heavy (non-hydrogen) atoms. The topological polar surface area (TPSA) is 46.2 Å². The molecule has 0 fully saturated rings. The van der Waals surface area contributed by atoms with Gasteiger partial charge in [0.15, 0.2) is 0 Å². The van der Waals surface area contributed by atoms with E-state index in [-0.39, 0.29) is 12.6 Å². The summed E-state index contributed by atoms with van der Waals surface area (Å²) in [5.41, 5.74) is 8.11. The van der Waals surface area contributed by atoms with Gasteiger partial charge in [0.2, 0.25) is 0 Å². The Morgan fingerprint density at radius 2 is 1.81 bits per heavy atom. The van der Waals surface area contributed by atoms with Gasteiger partial charge in [0.25, 0.3) is 0 Å². The lowest BCUT2D eigenvalue weighted by atomic mass is 10.0. The number of nitrogens with two attached hydrogens (primary N) is 1. The number of unbranched alkanes of at least 4 members (excludes halogenated alkanes) is 3. The third-order valence-corrected chi connectivity index (χ3v) is 2.92. The van der Waals surface area contributed by atoms with Crippen LogP contribution < -0.4 is 5.73 Å². The van der Waals surface area contributed by atoms with Gasteiger partial charge in [-0.25, -0.2) is 0 Å². The van der Waals surface area contributed by atoms with Crippen LogP contribution in [0, 0.1) is 0 Å².